The van der Waals surface area contributed by atoms with Crippen molar-refractivity contribution in [3.05, 3.63) is 71.8 Å². The maximum atomic E-state index is 14.7. The molecule has 10 heteroatoms. The molecule has 0 atom stereocenters. The Labute approximate surface area is 195 Å². The fourth-order valence-electron chi connectivity index (χ4n) is 3.62. The zero-order valence-corrected chi connectivity index (χ0v) is 18.8. The lowest BCUT2D eigenvalue weighted by Gasteiger charge is -2.30. The van der Waals surface area contributed by atoms with Crippen LogP contribution in [0, 0.1) is 11.6 Å². The second-order valence-electron chi connectivity index (χ2n) is 8.02. The predicted molar refractivity (Wildman–Crippen MR) is 127 cm³/mol. The lowest BCUT2D eigenvalue weighted by Crippen LogP contribution is -2.43. The van der Waals surface area contributed by atoms with E-state index in [9.17, 15) is 18.7 Å². The number of aliphatic hydroxyl groups is 1. The quantitative estimate of drug-likeness (QED) is 0.450. The molecule has 0 unspecified atom stereocenters. The van der Waals surface area contributed by atoms with Gasteiger partial charge in [0, 0.05) is 29.8 Å². The summed E-state index contributed by atoms with van der Waals surface area (Å²) >= 11 is 0. The van der Waals surface area contributed by atoms with E-state index in [2.05, 4.69) is 27.2 Å². The largest absolute Gasteiger partial charge is 0.508 e. The van der Waals surface area contributed by atoms with Crippen molar-refractivity contribution in [1.29, 1.82) is 0 Å². The van der Waals surface area contributed by atoms with Gasteiger partial charge in [0.15, 0.2) is 5.82 Å². The molecule has 2 aromatic carbocycles. The molecular formula is C24H24F2N6O2. The molecule has 8 nitrogen and oxygen atoms in total. The normalized spacial score (nSPS) is 13.0. The van der Waals surface area contributed by atoms with Gasteiger partial charge in [0.2, 0.25) is 5.95 Å². The first-order chi connectivity index (χ1) is 16.3. The van der Waals surface area contributed by atoms with E-state index < -0.39 is 23.4 Å². The van der Waals surface area contributed by atoms with E-state index in [0.29, 0.717) is 35.5 Å². The average Bonchev–Trinajstić information content (AvgIpc) is 2.79. The molecule has 1 aliphatic heterocycles. The van der Waals surface area contributed by atoms with Crippen LogP contribution in [0.1, 0.15) is 11.1 Å². The van der Waals surface area contributed by atoms with Crippen molar-refractivity contribution in [3.8, 4) is 11.3 Å². The van der Waals surface area contributed by atoms with Crippen LogP contribution >= 0.6 is 0 Å². The number of carbonyl (C=O) groups is 1. The number of anilines is 3. The summed E-state index contributed by atoms with van der Waals surface area (Å²) in [4.78, 5) is 24.8. The number of rotatable bonds is 7. The van der Waals surface area contributed by atoms with Gasteiger partial charge in [-0.25, -0.2) is 23.5 Å². The Morgan fingerprint density at radius 1 is 1.21 bits per heavy atom. The van der Waals surface area contributed by atoms with Gasteiger partial charge < -0.3 is 20.6 Å². The number of likely N-dealkylation sites (N-methyl/N-ethyl adjacent to an activating group) is 1. The zero-order valence-electron chi connectivity index (χ0n) is 18.8. The summed E-state index contributed by atoms with van der Waals surface area (Å²) in [6, 6.07) is 9.57. The van der Waals surface area contributed by atoms with Crippen LogP contribution in [-0.2, 0) is 6.54 Å². The second kappa shape index (κ2) is 9.44. The summed E-state index contributed by atoms with van der Waals surface area (Å²) in [5, 5.41) is 15.6. The SMILES string of the molecule is C=C(O)c1cccc(-c2nc(NCCN(C)C)nc3c2CNC(=O)N3c2c(F)cccc2F)c1. The van der Waals surface area contributed by atoms with Gasteiger partial charge in [-0.3, -0.25) is 0 Å². The number of nitrogens with zero attached hydrogens (tertiary/aromatic N) is 4. The van der Waals surface area contributed by atoms with Crippen LogP contribution in [0.5, 0.6) is 0 Å². The molecule has 0 saturated carbocycles. The third-order valence-corrected chi connectivity index (χ3v) is 5.29. The smallest absolute Gasteiger partial charge is 0.328 e. The van der Waals surface area contributed by atoms with Crippen LogP contribution in [-0.4, -0.2) is 53.2 Å². The van der Waals surface area contributed by atoms with E-state index in [4.69, 9.17) is 0 Å². The second-order valence-corrected chi connectivity index (χ2v) is 8.02. The third kappa shape index (κ3) is 4.53. The summed E-state index contributed by atoms with van der Waals surface area (Å²) in [6.07, 6.45) is 0. The van der Waals surface area contributed by atoms with Gasteiger partial charge >= 0.3 is 6.03 Å². The lowest BCUT2D eigenvalue weighted by atomic mass is 10.0. The molecule has 0 radical (unpaired) electrons. The number of aromatic nitrogens is 2. The summed E-state index contributed by atoms with van der Waals surface area (Å²) in [7, 11) is 3.84. The molecule has 2 heterocycles. The molecule has 3 N–H and O–H groups in total. The van der Waals surface area contributed by atoms with Gasteiger partial charge in [-0.2, -0.15) is 4.98 Å². The molecule has 1 aliphatic rings. The molecule has 0 aliphatic carbocycles. The minimum atomic E-state index is -0.899. The van der Waals surface area contributed by atoms with Gasteiger partial charge in [0.05, 0.1) is 12.2 Å². The first-order valence-electron chi connectivity index (χ1n) is 10.6. The van der Waals surface area contributed by atoms with Gasteiger partial charge in [0.1, 0.15) is 23.1 Å². The van der Waals surface area contributed by atoms with Crippen molar-refractivity contribution in [2.45, 2.75) is 6.54 Å². The number of benzene rings is 2. The number of fused-ring (bicyclic) bond motifs is 1. The molecule has 3 aromatic rings. The summed E-state index contributed by atoms with van der Waals surface area (Å²) in [6.45, 7) is 4.80. The van der Waals surface area contributed by atoms with E-state index in [1.165, 1.54) is 6.07 Å². The number of hydrogen-bond acceptors (Lipinski definition) is 6. The van der Waals surface area contributed by atoms with Gasteiger partial charge in [0.25, 0.3) is 0 Å². The Bertz CT molecular complexity index is 1240. The van der Waals surface area contributed by atoms with Gasteiger partial charge in [-0.05, 0) is 32.3 Å². The Morgan fingerprint density at radius 3 is 2.59 bits per heavy atom. The molecule has 34 heavy (non-hydrogen) atoms. The highest BCUT2D eigenvalue weighted by molar-refractivity contribution is 6.02. The highest BCUT2D eigenvalue weighted by Crippen LogP contribution is 2.38. The van der Waals surface area contributed by atoms with E-state index in [1.54, 1.807) is 24.3 Å². The van der Waals surface area contributed by atoms with E-state index >= 15 is 0 Å². The number of carbonyl (C=O) groups excluding carboxylic acids is 1. The van der Waals surface area contributed by atoms with Crippen LogP contribution in [0.25, 0.3) is 17.0 Å². The predicted octanol–water partition coefficient (Wildman–Crippen LogP) is 4.29. The van der Waals surface area contributed by atoms with Crippen LogP contribution in [0.2, 0.25) is 0 Å². The number of urea groups is 1. The zero-order chi connectivity index (χ0) is 24.4. The van der Waals surface area contributed by atoms with Crippen molar-refractivity contribution in [3.63, 3.8) is 0 Å². The maximum Gasteiger partial charge on any atom is 0.328 e. The van der Waals surface area contributed by atoms with Crippen molar-refractivity contribution < 1.29 is 18.7 Å². The molecule has 1 aromatic heterocycles. The highest BCUT2D eigenvalue weighted by atomic mass is 19.1. The number of amides is 2. The van der Waals surface area contributed by atoms with E-state index in [-0.39, 0.29) is 24.1 Å². The van der Waals surface area contributed by atoms with Crippen LogP contribution in [0.15, 0.2) is 49.0 Å². The fourth-order valence-corrected chi connectivity index (χ4v) is 3.62. The lowest BCUT2D eigenvalue weighted by molar-refractivity contribution is 0.246. The fraction of sp³-hybridized carbons (Fsp3) is 0.208. The minimum Gasteiger partial charge on any atom is -0.508 e. The number of halogens is 2. The standard InChI is InChI=1S/C24H24F2N6O2/c1-14(33)15-6-4-7-16(12-15)20-17-13-28-24(34)32(21-18(25)8-5-9-19(21)26)22(17)30-23(29-20)27-10-11-31(2)3/h4-9,12,33H,1,10-11,13H2,2-3H3,(H,28,34)(H,27,29,30). The third-order valence-electron chi connectivity index (χ3n) is 5.29. The highest BCUT2D eigenvalue weighted by Gasteiger charge is 2.34. The van der Waals surface area contributed by atoms with Gasteiger partial charge in [-0.15, -0.1) is 0 Å². The summed E-state index contributed by atoms with van der Waals surface area (Å²) in [5.41, 5.74) is 1.50. The van der Waals surface area contributed by atoms with Crippen LogP contribution in [0.4, 0.5) is 31.0 Å². The van der Waals surface area contributed by atoms with Gasteiger partial charge in [-0.1, -0.05) is 30.8 Å². The summed E-state index contributed by atoms with van der Waals surface area (Å²) in [5.74, 6) is -1.65. The van der Waals surface area contributed by atoms with Crippen LogP contribution < -0.4 is 15.5 Å². The first-order valence-corrected chi connectivity index (χ1v) is 10.6. The Hall–Kier alpha value is -4.05. The first kappa shape index (κ1) is 23.1. The van der Waals surface area contributed by atoms with E-state index in [0.717, 1.165) is 17.0 Å². The molecule has 4 rings (SSSR count). The molecule has 0 fully saturated rings. The van der Waals surface area contributed by atoms with Crippen LogP contribution in [0.3, 0.4) is 0 Å². The monoisotopic (exact) mass is 466 g/mol. The van der Waals surface area contributed by atoms with Crippen molar-refractivity contribution in [1.82, 2.24) is 20.2 Å². The Balaban J connectivity index is 1.91. The molecule has 0 saturated heterocycles. The molecule has 0 bridgehead atoms. The minimum absolute atomic E-state index is 0.0539. The summed E-state index contributed by atoms with van der Waals surface area (Å²) < 4.78 is 29.4. The average molecular weight is 466 g/mol. The van der Waals surface area contributed by atoms with Crippen molar-refractivity contribution >= 4 is 29.2 Å². The number of nitrogens with one attached hydrogen (secondary N) is 2. The Morgan fingerprint density at radius 2 is 1.91 bits per heavy atom. The number of para-hydroxylation sites is 1. The van der Waals surface area contributed by atoms with Crippen molar-refractivity contribution in [2.75, 3.05) is 37.4 Å². The maximum absolute atomic E-state index is 14.7. The molecule has 176 valence electrons. The Kier molecular flexibility index (Phi) is 6.42. The molecule has 2 amide bonds. The number of aliphatic hydroxyl groups excluding tert-OH is 1. The van der Waals surface area contributed by atoms with Crippen molar-refractivity contribution in [2.24, 2.45) is 0 Å². The molecular weight excluding hydrogens is 442 g/mol. The van der Waals surface area contributed by atoms with E-state index in [1.807, 2.05) is 19.0 Å². The number of hydrogen-bond donors (Lipinski definition) is 3. The topological polar surface area (TPSA) is 93.6 Å². The molecule has 0 spiro atoms.